The van der Waals surface area contributed by atoms with E-state index in [-0.39, 0.29) is 6.04 Å². The molecule has 0 saturated heterocycles. The summed E-state index contributed by atoms with van der Waals surface area (Å²) in [5.41, 5.74) is 1.91. The van der Waals surface area contributed by atoms with Gasteiger partial charge in [-0.2, -0.15) is 0 Å². The molecule has 0 heterocycles. The molecule has 0 bridgehead atoms. The van der Waals surface area contributed by atoms with Gasteiger partial charge in [0.1, 0.15) is 0 Å². The highest BCUT2D eigenvalue weighted by Crippen LogP contribution is 2.11. The molecule has 0 fully saturated rings. The van der Waals surface area contributed by atoms with E-state index >= 15 is 0 Å². The Morgan fingerprint density at radius 1 is 1.46 bits per heavy atom. The molecule has 13 heavy (non-hydrogen) atoms. The first-order valence-electron chi connectivity index (χ1n) is 3.24. The molecule has 9 heteroatoms. The molecule has 80 valence electrons. The summed E-state index contributed by atoms with van der Waals surface area (Å²) in [6.07, 6.45) is 0. The van der Waals surface area contributed by atoms with Crippen molar-refractivity contribution in [2.24, 2.45) is 11.7 Å². The first-order chi connectivity index (χ1) is 5.82. The van der Waals surface area contributed by atoms with Crippen LogP contribution >= 0.6 is 8.60 Å². The zero-order valence-electron chi connectivity index (χ0n) is 7.38. The van der Waals surface area contributed by atoms with Crippen LogP contribution in [0.1, 0.15) is 13.8 Å². The van der Waals surface area contributed by atoms with Gasteiger partial charge in [0.05, 0.1) is 0 Å². The van der Waals surface area contributed by atoms with Gasteiger partial charge in [-0.1, -0.05) is 0 Å². The van der Waals surface area contributed by atoms with Gasteiger partial charge < -0.3 is 14.7 Å². The summed E-state index contributed by atoms with van der Waals surface area (Å²) in [5.74, 6) is 10.0. The van der Waals surface area contributed by atoms with E-state index in [0.29, 0.717) is 0 Å². The molecule has 0 spiro atoms. The monoisotopic (exact) mass is 214 g/mol. The molecule has 0 aromatic carbocycles. The average Bonchev–Trinajstić information content (AvgIpc) is 2.00. The molecular formula is C4H15N4O4P. The molecule has 0 atom stereocenters. The number of nitrogens with zero attached hydrogens (tertiary/aromatic N) is 1. The van der Waals surface area contributed by atoms with Crippen molar-refractivity contribution in [2.45, 2.75) is 19.9 Å². The highest BCUT2D eigenvalue weighted by atomic mass is 31.2. The van der Waals surface area contributed by atoms with E-state index in [1.54, 1.807) is 13.8 Å². The molecule has 2 amide bonds. The Hall–Kier alpha value is -0.500. The summed E-state index contributed by atoms with van der Waals surface area (Å²) in [6.45, 7) is 3.57. The van der Waals surface area contributed by atoms with Crippen LogP contribution in [-0.4, -0.2) is 31.8 Å². The summed E-state index contributed by atoms with van der Waals surface area (Å²) in [6, 6.07) is -0.515. The van der Waals surface area contributed by atoms with Gasteiger partial charge in [0.25, 0.3) is 0 Å². The van der Waals surface area contributed by atoms with Crippen molar-refractivity contribution in [1.29, 1.82) is 0 Å². The molecule has 0 aromatic rings. The highest BCUT2D eigenvalue weighted by molar-refractivity contribution is 7.38. The quantitative estimate of drug-likeness (QED) is 0.133. The smallest absolute Gasteiger partial charge is 0.328 e. The summed E-state index contributed by atoms with van der Waals surface area (Å²) in [4.78, 5) is 32.2. The molecule has 0 aromatic heterocycles. The van der Waals surface area contributed by atoms with E-state index in [4.69, 9.17) is 26.4 Å². The Morgan fingerprint density at radius 2 is 1.77 bits per heavy atom. The van der Waals surface area contributed by atoms with Gasteiger partial charge in [-0.25, -0.2) is 16.5 Å². The van der Waals surface area contributed by atoms with Gasteiger partial charge >= 0.3 is 14.6 Å². The number of amides is 2. The topological polar surface area (TPSA) is 145 Å². The maximum absolute atomic E-state index is 10.5. The predicted octanol–water partition coefficient (Wildman–Crippen LogP) is -1.66. The molecule has 0 aliphatic rings. The molecule has 0 aliphatic carbocycles. The number of hydrazine groups is 2. The fraction of sp³-hybridized carbons (Fsp3) is 0.750. The van der Waals surface area contributed by atoms with Crippen molar-refractivity contribution < 1.29 is 19.5 Å². The third-order valence-electron chi connectivity index (χ3n) is 0.914. The maximum atomic E-state index is 10.5. The van der Waals surface area contributed by atoms with Gasteiger partial charge in [0, 0.05) is 6.04 Å². The molecule has 0 unspecified atom stereocenters. The van der Waals surface area contributed by atoms with E-state index in [1.165, 1.54) is 0 Å². The molecule has 0 radical (unpaired) electrons. The van der Waals surface area contributed by atoms with Gasteiger partial charge in [0.2, 0.25) is 0 Å². The molecule has 0 aliphatic heterocycles. The second kappa shape index (κ2) is 8.11. The van der Waals surface area contributed by atoms with Crippen molar-refractivity contribution in [3.05, 3.63) is 0 Å². The van der Waals surface area contributed by atoms with Gasteiger partial charge in [-0.05, 0) is 13.8 Å². The van der Waals surface area contributed by atoms with E-state index in [1.807, 2.05) is 5.43 Å². The van der Waals surface area contributed by atoms with Crippen molar-refractivity contribution >= 4 is 14.6 Å². The van der Waals surface area contributed by atoms with Crippen LogP contribution in [0.15, 0.2) is 0 Å². The minimum absolute atomic E-state index is 0.0338. The predicted molar refractivity (Wildman–Crippen MR) is 47.5 cm³/mol. The van der Waals surface area contributed by atoms with Crippen LogP contribution in [-0.2, 0) is 0 Å². The number of hydrogen-bond acceptors (Lipinski definition) is 6. The zero-order valence-corrected chi connectivity index (χ0v) is 8.27. The van der Waals surface area contributed by atoms with Crippen LogP contribution in [0.5, 0.6) is 0 Å². The minimum Gasteiger partial charge on any atom is -0.328 e. The lowest BCUT2D eigenvalue weighted by atomic mass is 10.4. The van der Waals surface area contributed by atoms with Crippen LogP contribution in [0.3, 0.4) is 0 Å². The van der Waals surface area contributed by atoms with Crippen LogP contribution < -0.4 is 17.1 Å². The third kappa shape index (κ3) is 11.5. The lowest BCUT2D eigenvalue weighted by Crippen LogP contribution is -2.50. The normalized spacial score (nSPS) is 9.31. The Morgan fingerprint density at radius 3 is 1.85 bits per heavy atom. The fourth-order valence-corrected chi connectivity index (χ4v) is 0.309. The molecule has 8 N–H and O–H groups in total. The third-order valence-corrected chi connectivity index (χ3v) is 0.914. The number of nitrogens with two attached hydrogens (primary N) is 2. The molecular weight excluding hydrogens is 199 g/mol. The maximum Gasteiger partial charge on any atom is 0.345 e. The van der Waals surface area contributed by atoms with E-state index in [2.05, 4.69) is 0 Å². The summed E-state index contributed by atoms with van der Waals surface area (Å²) in [5, 5.41) is 1.01. The second-order valence-electron chi connectivity index (χ2n) is 2.22. The summed E-state index contributed by atoms with van der Waals surface area (Å²) >= 11 is 0. The Kier molecular flexibility index (Phi) is 9.36. The molecule has 8 nitrogen and oxygen atoms in total. The second-order valence-corrected chi connectivity index (χ2v) is 2.76. The summed E-state index contributed by atoms with van der Waals surface area (Å²) < 4.78 is 0. The zero-order chi connectivity index (χ0) is 11.0. The van der Waals surface area contributed by atoms with E-state index in [9.17, 15) is 4.79 Å². The molecule has 0 saturated carbocycles. The molecule has 0 rings (SSSR count). The van der Waals surface area contributed by atoms with Gasteiger partial charge in [0.15, 0.2) is 0 Å². The Bertz CT molecular complexity index is 141. The fourth-order valence-electron chi connectivity index (χ4n) is 0.309. The van der Waals surface area contributed by atoms with E-state index < -0.39 is 14.6 Å². The number of carbonyl (C=O) groups excluding carboxylic acids is 1. The lowest BCUT2D eigenvalue weighted by molar-refractivity contribution is 0.185. The SMILES string of the molecule is CC(C)N(N)C(=O)NN.OP(O)O. The van der Waals surface area contributed by atoms with Crippen molar-refractivity contribution in [2.75, 3.05) is 0 Å². The first kappa shape index (κ1) is 15.0. The number of rotatable bonds is 1. The highest BCUT2D eigenvalue weighted by Gasteiger charge is 2.09. The summed E-state index contributed by atoms with van der Waals surface area (Å²) in [7, 11) is -2.62. The van der Waals surface area contributed by atoms with Crippen molar-refractivity contribution in [1.82, 2.24) is 10.4 Å². The number of hydrogen-bond donors (Lipinski definition) is 6. The van der Waals surface area contributed by atoms with E-state index in [0.717, 1.165) is 5.01 Å². The van der Waals surface area contributed by atoms with Crippen molar-refractivity contribution in [3.63, 3.8) is 0 Å². The minimum atomic E-state index is -2.62. The van der Waals surface area contributed by atoms with Gasteiger partial charge in [-0.15, -0.1) is 0 Å². The van der Waals surface area contributed by atoms with Crippen LogP contribution in [0, 0.1) is 0 Å². The van der Waals surface area contributed by atoms with Crippen LogP contribution in [0.2, 0.25) is 0 Å². The van der Waals surface area contributed by atoms with Crippen LogP contribution in [0.25, 0.3) is 0 Å². The number of urea groups is 1. The Balaban J connectivity index is 0. The number of carbonyl (C=O) groups is 1. The van der Waals surface area contributed by atoms with Crippen molar-refractivity contribution in [3.8, 4) is 0 Å². The first-order valence-corrected chi connectivity index (χ1v) is 4.44. The standard InChI is InChI=1S/C4H12N4O.H3O3P/c1-3(2)8(6)4(9)7-5;1-4(2)3/h3H,5-6H2,1-2H3,(H,7,9);1-3H. The number of nitrogens with one attached hydrogen (secondary N) is 1. The lowest BCUT2D eigenvalue weighted by Gasteiger charge is -2.19. The van der Waals surface area contributed by atoms with Gasteiger partial charge in [-0.3, -0.25) is 10.4 Å². The average molecular weight is 214 g/mol. The largest absolute Gasteiger partial charge is 0.345 e. The van der Waals surface area contributed by atoms with Crippen LogP contribution in [0.4, 0.5) is 4.79 Å². The Labute approximate surface area is 77.1 Å².